The van der Waals surface area contributed by atoms with Gasteiger partial charge < -0.3 is 10.5 Å². The summed E-state index contributed by atoms with van der Waals surface area (Å²) in [4.78, 5) is 0. The lowest BCUT2D eigenvalue weighted by Gasteiger charge is -2.03. The summed E-state index contributed by atoms with van der Waals surface area (Å²) in [5, 5.41) is 0. The van der Waals surface area contributed by atoms with Gasteiger partial charge >= 0.3 is 0 Å². The molecule has 0 heterocycles. The van der Waals surface area contributed by atoms with Crippen LogP contribution in [0.3, 0.4) is 0 Å². The molecule has 0 fully saturated rings. The Kier molecular flexibility index (Phi) is 4.58. The lowest BCUT2D eigenvalue weighted by molar-refractivity contribution is 0.272. The Morgan fingerprint density at radius 2 is 2.20 bits per heavy atom. The molecule has 1 aromatic carbocycles. The first kappa shape index (κ1) is 11.5. The highest BCUT2D eigenvalue weighted by Crippen LogP contribution is 2.15. The van der Waals surface area contributed by atoms with E-state index in [2.05, 4.69) is 11.8 Å². The van der Waals surface area contributed by atoms with Crippen molar-refractivity contribution in [3.63, 3.8) is 0 Å². The van der Waals surface area contributed by atoms with E-state index in [-0.39, 0.29) is 18.7 Å². The summed E-state index contributed by atoms with van der Waals surface area (Å²) in [6.45, 7) is -0.497. The van der Waals surface area contributed by atoms with Crippen LogP contribution >= 0.6 is 0 Å². The van der Waals surface area contributed by atoms with Crippen molar-refractivity contribution < 1.29 is 13.5 Å². The number of alkyl halides is 1. The van der Waals surface area contributed by atoms with Crippen LogP contribution < -0.4 is 10.5 Å². The van der Waals surface area contributed by atoms with E-state index in [0.29, 0.717) is 5.75 Å². The molecule has 0 unspecified atom stereocenters. The highest BCUT2D eigenvalue weighted by atomic mass is 19.1. The molecular weight excluding hydrogens is 200 g/mol. The molecule has 0 amide bonds. The molecule has 1 aromatic rings. The van der Waals surface area contributed by atoms with Crippen LogP contribution in [0.25, 0.3) is 0 Å². The van der Waals surface area contributed by atoms with E-state index in [1.54, 1.807) is 6.07 Å². The van der Waals surface area contributed by atoms with Gasteiger partial charge in [0.05, 0.1) is 12.1 Å². The van der Waals surface area contributed by atoms with Crippen LogP contribution in [0.5, 0.6) is 5.75 Å². The Morgan fingerprint density at radius 3 is 2.80 bits per heavy atom. The lowest BCUT2D eigenvalue weighted by Crippen LogP contribution is -1.99. The van der Waals surface area contributed by atoms with E-state index in [4.69, 9.17) is 10.5 Å². The Morgan fingerprint density at radius 1 is 1.40 bits per heavy atom. The molecule has 2 nitrogen and oxygen atoms in total. The van der Waals surface area contributed by atoms with E-state index in [0.717, 1.165) is 0 Å². The normalized spacial score (nSPS) is 9.27. The summed E-state index contributed by atoms with van der Waals surface area (Å²) in [6.07, 6.45) is 0. The van der Waals surface area contributed by atoms with Crippen molar-refractivity contribution in [3.8, 4) is 17.6 Å². The van der Waals surface area contributed by atoms with Crippen LogP contribution in [0, 0.1) is 17.7 Å². The van der Waals surface area contributed by atoms with Crippen molar-refractivity contribution in [2.45, 2.75) is 0 Å². The summed E-state index contributed by atoms with van der Waals surface area (Å²) in [5.41, 5.74) is 5.42. The summed E-state index contributed by atoms with van der Waals surface area (Å²) in [7, 11) is 0. The fraction of sp³-hybridized carbons (Fsp3) is 0.273. The van der Waals surface area contributed by atoms with E-state index in [1.165, 1.54) is 12.1 Å². The standard InChI is InChI=1S/C11H11F2NO/c12-5-7-15-10-4-3-9(2-1-6-14)11(13)8-10/h3-4,8H,5-7,14H2. The molecule has 0 aliphatic carbocycles. The van der Waals surface area contributed by atoms with Gasteiger partial charge in [-0.3, -0.25) is 0 Å². The fourth-order valence-corrected chi connectivity index (χ4v) is 0.990. The first-order chi connectivity index (χ1) is 7.27. The number of rotatable bonds is 3. The minimum absolute atomic E-state index is 0.0761. The molecular formula is C11H11F2NO. The van der Waals surface area contributed by atoms with Crippen molar-refractivity contribution in [2.75, 3.05) is 19.8 Å². The number of nitrogens with two attached hydrogens (primary N) is 1. The third-order valence-electron chi connectivity index (χ3n) is 1.61. The minimum atomic E-state index is -0.601. The van der Waals surface area contributed by atoms with Crippen molar-refractivity contribution >= 4 is 0 Å². The third kappa shape index (κ3) is 3.56. The quantitative estimate of drug-likeness (QED) is 0.769. The van der Waals surface area contributed by atoms with Crippen LogP contribution in [0.4, 0.5) is 8.78 Å². The number of hydrogen-bond donors (Lipinski definition) is 1. The van der Waals surface area contributed by atoms with Crippen molar-refractivity contribution in [3.05, 3.63) is 29.6 Å². The van der Waals surface area contributed by atoms with Crippen molar-refractivity contribution in [1.29, 1.82) is 0 Å². The topological polar surface area (TPSA) is 35.2 Å². The van der Waals surface area contributed by atoms with Crippen LogP contribution in [0.2, 0.25) is 0 Å². The molecule has 0 spiro atoms. The average Bonchev–Trinajstić information content (AvgIpc) is 2.25. The lowest BCUT2D eigenvalue weighted by atomic mass is 10.2. The summed E-state index contributed by atoms with van der Waals surface area (Å²) >= 11 is 0. The molecule has 0 saturated carbocycles. The van der Waals surface area contributed by atoms with E-state index < -0.39 is 12.5 Å². The van der Waals surface area contributed by atoms with Crippen molar-refractivity contribution in [1.82, 2.24) is 0 Å². The fourth-order valence-electron chi connectivity index (χ4n) is 0.990. The second-order valence-electron chi connectivity index (χ2n) is 2.68. The predicted octanol–water partition coefficient (Wildman–Crippen LogP) is 1.48. The van der Waals surface area contributed by atoms with Crippen LogP contribution in [0.15, 0.2) is 18.2 Å². The first-order valence-electron chi connectivity index (χ1n) is 4.45. The van der Waals surface area contributed by atoms with Gasteiger partial charge in [0.1, 0.15) is 24.8 Å². The highest BCUT2D eigenvalue weighted by Gasteiger charge is 2.01. The maximum Gasteiger partial charge on any atom is 0.142 e. The van der Waals surface area contributed by atoms with E-state index in [9.17, 15) is 8.78 Å². The summed E-state index contributed by atoms with van der Waals surface area (Å²) in [5.74, 6) is 4.92. The van der Waals surface area contributed by atoms with Gasteiger partial charge in [0, 0.05) is 6.07 Å². The number of ether oxygens (including phenoxy) is 1. The Balaban J connectivity index is 2.78. The van der Waals surface area contributed by atoms with Gasteiger partial charge in [0.2, 0.25) is 0 Å². The van der Waals surface area contributed by atoms with Gasteiger partial charge in [-0.2, -0.15) is 0 Å². The molecule has 0 saturated heterocycles. The van der Waals surface area contributed by atoms with Crippen LogP contribution in [0.1, 0.15) is 5.56 Å². The van der Waals surface area contributed by atoms with Crippen molar-refractivity contribution in [2.24, 2.45) is 5.73 Å². The molecule has 0 aliphatic rings. The molecule has 0 radical (unpaired) electrons. The second-order valence-corrected chi connectivity index (χ2v) is 2.68. The van der Waals surface area contributed by atoms with Crippen LogP contribution in [-0.4, -0.2) is 19.8 Å². The largest absolute Gasteiger partial charge is 0.491 e. The molecule has 0 aromatic heterocycles. The molecule has 4 heteroatoms. The van der Waals surface area contributed by atoms with Gasteiger partial charge in [0.25, 0.3) is 0 Å². The summed E-state index contributed by atoms with van der Waals surface area (Å²) < 4.78 is 30.0. The first-order valence-corrected chi connectivity index (χ1v) is 4.45. The van der Waals surface area contributed by atoms with Gasteiger partial charge in [-0.05, 0) is 12.1 Å². The Labute approximate surface area is 87.0 Å². The Bertz CT molecular complexity index is 382. The maximum absolute atomic E-state index is 13.3. The van der Waals surface area contributed by atoms with Crippen LogP contribution in [-0.2, 0) is 0 Å². The number of halogens is 2. The molecule has 1 rings (SSSR count). The molecule has 2 N–H and O–H groups in total. The van der Waals surface area contributed by atoms with Gasteiger partial charge in [-0.1, -0.05) is 11.8 Å². The predicted molar refractivity (Wildman–Crippen MR) is 53.8 cm³/mol. The zero-order valence-electron chi connectivity index (χ0n) is 8.09. The maximum atomic E-state index is 13.3. The molecule has 0 atom stereocenters. The minimum Gasteiger partial charge on any atom is -0.491 e. The van der Waals surface area contributed by atoms with Gasteiger partial charge in [0.15, 0.2) is 0 Å². The summed E-state index contributed by atoms with van der Waals surface area (Å²) in [6, 6.07) is 4.20. The number of hydrogen-bond acceptors (Lipinski definition) is 2. The monoisotopic (exact) mass is 211 g/mol. The molecule has 0 bridgehead atoms. The number of benzene rings is 1. The molecule has 80 valence electrons. The SMILES string of the molecule is NCC#Cc1ccc(OCCF)cc1F. The van der Waals surface area contributed by atoms with Gasteiger partial charge in [-0.25, -0.2) is 8.78 Å². The highest BCUT2D eigenvalue weighted by molar-refractivity contribution is 5.39. The third-order valence-corrected chi connectivity index (χ3v) is 1.61. The molecule has 15 heavy (non-hydrogen) atoms. The smallest absolute Gasteiger partial charge is 0.142 e. The zero-order valence-corrected chi connectivity index (χ0v) is 8.09. The average molecular weight is 211 g/mol. The second kappa shape index (κ2) is 5.99. The zero-order chi connectivity index (χ0) is 11.1. The molecule has 0 aliphatic heterocycles. The van der Waals surface area contributed by atoms with E-state index in [1.807, 2.05) is 0 Å². The van der Waals surface area contributed by atoms with E-state index >= 15 is 0 Å². The Hall–Kier alpha value is -1.60. The van der Waals surface area contributed by atoms with Gasteiger partial charge in [-0.15, -0.1) is 0 Å².